The van der Waals surface area contributed by atoms with E-state index in [0.29, 0.717) is 0 Å². The second-order valence-corrected chi connectivity index (χ2v) is 1.07. The molecule has 0 aliphatic carbocycles. The Morgan fingerprint density at radius 1 is 1.57 bits per heavy atom. The van der Waals surface area contributed by atoms with E-state index in [0.717, 1.165) is 0 Å². The van der Waals surface area contributed by atoms with Gasteiger partial charge in [-0.15, -0.1) is 12.2 Å². The zero-order valence-corrected chi connectivity index (χ0v) is 8.41. The van der Waals surface area contributed by atoms with E-state index in [1.165, 1.54) is 6.92 Å². The second-order valence-electron chi connectivity index (χ2n) is 0.492. The monoisotopic (exact) mass is 146 g/mol. The summed E-state index contributed by atoms with van der Waals surface area (Å²) in [4.78, 5) is 0. The van der Waals surface area contributed by atoms with E-state index in [-0.39, 0.29) is 56.4 Å². The molecule has 0 heterocycles. The third kappa shape index (κ3) is 106. The number of hydrazine groups is 1. The molecule has 38 valence electrons. The Morgan fingerprint density at radius 2 is 1.57 bits per heavy atom. The fourth-order valence-electron chi connectivity index (χ4n) is 0. The number of thiocarbonyl (C=S) groups is 1. The van der Waals surface area contributed by atoms with Crippen molar-refractivity contribution in [1.82, 2.24) is 0 Å². The van der Waals surface area contributed by atoms with Crippen molar-refractivity contribution >= 4 is 17.3 Å². The SMILES string of the molecule is CC([O-])=S.NN.[K+]. The zero-order valence-electron chi connectivity index (χ0n) is 4.47. The molecule has 0 spiro atoms. The van der Waals surface area contributed by atoms with Crippen molar-refractivity contribution in [3.05, 3.63) is 0 Å². The minimum absolute atomic E-state index is 0. The van der Waals surface area contributed by atoms with Gasteiger partial charge in [-0.25, -0.2) is 0 Å². The topological polar surface area (TPSA) is 75.1 Å². The van der Waals surface area contributed by atoms with Gasteiger partial charge < -0.3 is 5.11 Å². The summed E-state index contributed by atoms with van der Waals surface area (Å²) in [6.07, 6.45) is 0. The Morgan fingerprint density at radius 3 is 1.57 bits per heavy atom. The maximum Gasteiger partial charge on any atom is 1.00 e. The molecule has 0 amide bonds. The number of nitrogens with two attached hydrogens (primary N) is 2. The molecule has 0 atom stereocenters. The molecule has 0 aromatic carbocycles. The molecule has 0 saturated heterocycles. The first-order valence-corrected chi connectivity index (χ1v) is 1.65. The molecule has 5 heteroatoms. The Bertz CT molecular complexity index is 38.7. The van der Waals surface area contributed by atoms with Crippen molar-refractivity contribution in [3.8, 4) is 0 Å². The van der Waals surface area contributed by atoms with Gasteiger partial charge in [0, 0.05) is 0 Å². The van der Waals surface area contributed by atoms with Crippen LogP contribution in [0.3, 0.4) is 0 Å². The predicted molar refractivity (Wildman–Crippen MR) is 26.6 cm³/mol. The van der Waals surface area contributed by atoms with Crippen LogP contribution < -0.4 is 68.2 Å². The molecular formula is C2H7KN2OS. The first-order valence-electron chi connectivity index (χ1n) is 1.24. The molecule has 3 nitrogen and oxygen atoms in total. The molecule has 0 radical (unpaired) electrons. The van der Waals surface area contributed by atoms with Crippen molar-refractivity contribution in [1.29, 1.82) is 0 Å². The quantitative estimate of drug-likeness (QED) is 0.156. The van der Waals surface area contributed by atoms with Crippen LogP contribution in [-0.4, -0.2) is 5.05 Å². The van der Waals surface area contributed by atoms with Crippen molar-refractivity contribution in [2.75, 3.05) is 0 Å². The molecular weight excluding hydrogens is 139 g/mol. The summed E-state index contributed by atoms with van der Waals surface area (Å²) in [5.41, 5.74) is 0. The molecule has 0 aromatic rings. The average Bonchev–Trinajstić information content (AvgIpc) is 1.41. The van der Waals surface area contributed by atoms with Gasteiger partial charge in [-0.05, 0) is 6.92 Å². The summed E-state index contributed by atoms with van der Waals surface area (Å²) in [5, 5.41) is 9.01. The van der Waals surface area contributed by atoms with Gasteiger partial charge in [-0.1, -0.05) is 5.05 Å². The van der Waals surface area contributed by atoms with E-state index in [4.69, 9.17) is 0 Å². The van der Waals surface area contributed by atoms with Crippen LogP contribution in [0.2, 0.25) is 0 Å². The molecule has 0 aliphatic rings. The van der Waals surface area contributed by atoms with Crippen molar-refractivity contribution in [2.24, 2.45) is 11.7 Å². The summed E-state index contributed by atoms with van der Waals surface area (Å²) in [6.45, 7) is 1.34. The second kappa shape index (κ2) is 15.7. The van der Waals surface area contributed by atoms with Crippen molar-refractivity contribution in [2.45, 2.75) is 6.92 Å². The first-order chi connectivity index (χ1) is 2.73. The summed E-state index contributed by atoms with van der Waals surface area (Å²) in [6, 6.07) is 0. The summed E-state index contributed by atoms with van der Waals surface area (Å²) < 4.78 is 0. The van der Waals surface area contributed by atoms with Gasteiger partial charge >= 0.3 is 51.4 Å². The van der Waals surface area contributed by atoms with E-state index in [1.807, 2.05) is 0 Å². The molecule has 0 saturated carbocycles. The van der Waals surface area contributed by atoms with Crippen LogP contribution in [0.1, 0.15) is 6.92 Å². The Kier molecular flexibility index (Phi) is 35.3. The van der Waals surface area contributed by atoms with E-state index < -0.39 is 0 Å². The molecule has 0 bridgehead atoms. The third-order valence-electron chi connectivity index (χ3n) is 0. The van der Waals surface area contributed by atoms with Crippen LogP contribution >= 0.6 is 12.2 Å². The number of rotatable bonds is 0. The number of hydrogen-bond donors (Lipinski definition) is 2. The maximum atomic E-state index is 9.26. The van der Waals surface area contributed by atoms with Crippen LogP contribution in [0.5, 0.6) is 0 Å². The van der Waals surface area contributed by atoms with Gasteiger partial charge in [0.25, 0.3) is 0 Å². The molecule has 7 heavy (non-hydrogen) atoms. The van der Waals surface area contributed by atoms with Gasteiger partial charge in [0.15, 0.2) is 0 Å². The van der Waals surface area contributed by atoms with Crippen molar-refractivity contribution in [3.63, 3.8) is 0 Å². The predicted octanol–water partition coefficient (Wildman–Crippen LogP) is -4.48. The van der Waals surface area contributed by atoms with Gasteiger partial charge in [0.05, 0.1) is 0 Å². The van der Waals surface area contributed by atoms with Gasteiger partial charge in [0.1, 0.15) is 0 Å². The van der Waals surface area contributed by atoms with Gasteiger partial charge in [-0.3, -0.25) is 11.7 Å². The van der Waals surface area contributed by atoms with Crippen LogP contribution in [-0.2, 0) is 0 Å². The molecule has 4 N–H and O–H groups in total. The Labute approximate surface area is 90.8 Å². The average molecular weight is 146 g/mol. The van der Waals surface area contributed by atoms with E-state index in [1.54, 1.807) is 0 Å². The summed E-state index contributed by atoms with van der Waals surface area (Å²) >= 11 is 3.98. The maximum absolute atomic E-state index is 9.26. The fraction of sp³-hybridized carbons (Fsp3) is 0.500. The minimum Gasteiger partial charge on any atom is -0.868 e. The van der Waals surface area contributed by atoms with Crippen LogP contribution in [0.15, 0.2) is 0 Å². The van der Waals surface area contributed by atoms with Gasteiger partial charge in [-0.2, -0.15) is 0 Å². The molecule has 0 unspecified atom stereocenters. The summed E-state index contributed by atoms with van der Waals surface area (Å²) in [7, 11) is 0. The molecule has 0 fully saturated rings. The zero-order chi connectivity index (χ0) is 5.58. The molecule has 0 aromatic heterocycles. The fourth-order valence-corrected chi connectivity index (χ4v) is 0. The summed E-state index contributed by atoms with van der Waals surface area (Å²) in [5.74, 6) is 8.00. The van der Waals surface area contributed by atoms with Gasteiger partial charge in [0.2, 0.25) is 0 Å². The minimum atomic E-state index is -0.250. The van der Waals surface area contributed by atoms with Crippen LogP contribution in [0, 0.1) is 0 Å². The standard InChI is InChI=1S/C2H4OS.K.H4N2/c1-2(3)4;;1-2/h1H3,(H,3,4);;1-2H2/q;+1;/p-1. The Hall–Kier alpha value is 1.45. The Balaban J connectivity index is -0.0000000480. The van der Waals surface area contributed by atoms with E-state index in [9.17, 15) is 5.11 Å². The van der Waals surface area contributed by atoms with Crippen molar-refractivity contribution < 1.29 is 56.5 Å². The number of hydrogen-bond acceptors (Lipinski definition) is 4. The van der Waals surface area contributed by atoms with Crippen LogP contribution in [0.4, 0.5) is 0 Å². The van der Waals surface area contributed by atoms with E-state index >= 15 is 0 Å². The smallest absolute Gasteiger partial charge is 0.868 e. The third-order valence-corrected chi connectivity index (χ3v) is 0. The molecule has 0 aliphatic heterocycles. The normalized spacial score (nSPS) is 4.43. The first kappa shape index (κ1) is 15.8. The molecule has 0 rings (SSSR count). The van der Waals surface area contributed by atoms with E-state index in [2.05, 4.69) is 23.9 Å². The van der Waals surface area contributed by atoms with Crippen LogP contribution in [0.25, 0.3) is 0 Å². The largest absolute Gasteiger partial charge is 1.00 e.